The zero-order chi connectivity index (χ0) is 15.2. The molecule has 0 fully saturated rings. The maximum atomic E-state index is 13.4. The van der Waals surface area contributed by atoms with Crippen LogP contribution >= 0.6 is 0 Å². The molecule has 0 aliphatic heterocycles. The molecule has 0 radical (unpaired) electrons. The fraction of sp³-hybridized carbons (Fsp3) is 0.188. The van der Waals surface area contributed by atoms with Gasteiger partial charge >= 0.3 is 6.09 Å². The smallest absolute Gasteiger partial charge is 0.418 e. The first-order valence-electron chi connectivity index (χ1n) is 6.60. The van der Waals surface area contributed by atoms with Crippen LogP contribution in [0, 0.1) is 11.6 Å². The summed E-state index contributed by atoms with van der Waals surface area (Å²) in [6.07, 6.45) is 0.0423. The van der Waals surface area contributed by atoms with E-state index < -0.39 is 17.7 Å². The van der Waals surface area contributed by atoms with Gasteiger partial charge in [0.2, 0.25) is 0 Å². The molecule has 2 rings (SSSR count). The summed E-state index contributed by atoms with van der Waals surface area (Å²) in [5.74, 6) is -1.98. The van der Waals surface area contributed by atoms with Gasteiger partial charge in [0.25, 0.3) is 0 Å². The van der Waals surface area contributed by atoms with Crippen LogP contribution < -0.4 is 4.90 Å². The highest BCUT2D eigenvalue weighted by Crippen LogP contribution is 2.27. The molecule has 0 spiro atoms. The highest BCUT2D eigenvalue weighted by Gasteiger charge is 2.20. The Morgan fingerprint density at radius 3 is 2.38 bits per heavy atom. The Balaban J connectivity index is 2.40. The van der Waals surface area contributed by atoms with E-state index in [1.807, 2.05) is 6.92 Å². The van der Waals surface area contributed by atoms with Crippen molar-refractivity contribution < 1.29 is 18.3 Å². The molecule has 2 aromatic carbocycles. The molecular weight excluding hydrogens is 276 g/mol. The number of hydrogen-bond acceptors (Lipinski definition) is 2. The number of hydrogen-bond donors (Lipinski definition) is 0. The van der Waals surface area contributed by atoms with Crippen molar-refractivity contribution >= 4 is 17.5 Å². The van der Waals surface area contributed by atoms with Crippen molar-refractivity contribution in [1.29, 1.82) is 0 Å². The zero-order valence-electron chi connectivity index (χ0n) is 11.6. The van der Waals surface area contributed by atoms with Crippen LogP contribution in [-0.4, -0.2) is 12.7 Å². The van der Waals surface area contributed by atoms with E-state index in [0.29, 0.717) is 12.1 Å². The molecule has 0 saturated carbocycles. The minimum absolute atomic E-state index is 0.209. The third-order valence-electron chi connectivity index (χ3n) is 2.79. The lowest BCUT2D eigenvalue weighted by Gasteiger charge is -2.22. The van der Waals surface area contributed by atoms with E-state index >= 15 is 0 Å². The number of ether oxygens (including phenoxy) is 1. The van der Waals surface area contributed by atoms with Crippen molar-refractivity contribution in [3.8, 4) is 0 Å². The predicted octanol–water partition coefficient (Wildman–Crippen LogP) is 4.65. The number of anilines is 2. The van der Waals surface area contributed by atoms with Gasteiger partial charge in [0.1, 0.15) is 0 Å². The van der Waals surface area contributed by atoms with E-state index in [9.17, 15) is 13.6 Å². The van der Waals surface area contributed by atoms with Crippen LogP contribution in [0.25, 0.3) is 0 Å². The molecule has 0 saturated heterocycles. The van der Waals surface area contributed by atoms with Crippen molar-refractivity contribution in [3.05, 3.63) is 60.2 Å². The third kappa shape index (κ3) is 3.56. The fourth-order valence-corrected chi connectivity index (χ4v) is 1.82. The highest BCUT2D eigenvalue weighted by atomic mass is 19.2. The molecule has 0 aromatic heterocycles. The summed E-state index contributed by atoms with van der Waals surface area (Å²) in [6, 6.07) is 11.9. The van der Waals surface area contributed by atoms with Crippen molar-refractivity contribution in [3.63, 3.8) is 0 Å². The van der Waals surface area contributed by atoms with E-state index in [1.54, 1.807) is 30.3 Å². The number of halogens is 2. The predicted molar refractivity (Wildman–Crippen MR) is 76.6 cm³/mol. The maximum absolute atomic E-state index is 13.4. The SMILES string of the molecule is CCCOC(=O)N(c1ccccc1)c1ccc(F)c(F)c1. The second-order valence-electron chi connectivity index (χ2n) is 4.38. The molecule has 21 heavy (non-hydrogen) atoms. The lowest BCUT2D eigenvalue weighted by molar-refractivity contribution is 0.156. The number of benzene rings is 2. The minimum Gasteiger partial charge on any atom is -0.449 e. The largest absolute Gasteiger partial charge is 0.449 e. The summed E-state index contributed by atoms with van der Waals surface area (Å²) >= 11 is 0. The normalized spacial score (nSPS) is 10.2. The summed E-state index contributed by atoms with van der Waals surface area (Å²) < 4.78 is 31.6. The Morgan fingerprint density at radius 1 is 1.05 bits per heavy atom. The van der Waals surface area contributed by atoms with Gasteiger partial charge in [-0.3, -0.25) is 0 Å². The first-order valence-corrected chi connectivity index (χ1v) is 6.60. The molecule has 2 aromatic rings. The highest BCUT2D eigenvalue weighted by molar-refractivity contribution is 5.95. The van der Waals surface area contributed by atoms with Crippen LogP contribution in [0.5, 0.6) is 0 Å². The Bertz CT molecular complexity index is 617. The summed E-state index contributed by atoms with van der Waals surface area (Å²) in [6.45, 7) is 2.13. The molecule has 0 N–H and O–H groups in total. The Labute approximate surface area is 121 Å². The molecule has 0 aliphatic carbocycles. The van der Waals surface area contributed by atoms with Gasteiger partial charge < -0.3 is 4.74 Å². The van der Waals surface area contributed by atoms with Crippen LogP contribution in [-0.2, 0) is 4.74 Å². The van der Waals surface area contributed by atoms with Crippen molar-refractivity contribution in [2.75, 3.05) is 11.5 Å². The number of amides is 1. The first-order chi connectivity index (χ1) is 10.1. The van der Waals surface area contributed by atoms with E-state index in [1.165, 1.54) is 11.0 Å². The standard InChI is InChI=1S/C16H15F2NO2/c1-2-10-21-16(20)19(12-6-4-3-5-7-12)13-8-9-14(17)15(18)11-13/h3-9,11H,2,10H2,1H3. The average Bonchev–Trinajstić information content (AvgIpc) is 2.50. The molecule has 0 unspecified atom stereocenters. The number of rotatable bonds is 4. The van der Waals surface area contributed by atoms with Gasteiger partial charge in [0.15, 0.2) is 11.6 Å². The summed E-state index contributed by atoms with van der Waals surface area (Å²) in [5.41, 5.74) is 0.728. The summed E-state index contributed by atoms with van der Waals surface area (Å²) in [7, 11) is 0. The van der Waals surface area contributed by atoms with E-state index in [2.05, 4.69) is 0 Å². The topological polar surface area (TPSA) is 29.5 Å². The van der Waals surface area contributed by atoms with Crippen molar-refractivity contribution in [2.45, 2.75) is 13.3 Å². The minimum atomic E-state index is -1.02. The maximum Gasteiger partial charge on any atom is 0.418 e. The van der Waals surface area contributed by atoms with Gasteiger partial charge in [-0.05, 0) is 30.7 Å². The van der Waals surface area contributed by atoms with Crippen LogP contribution in [0.4, 0.5) is 25.0 Å². The molecule has 110 valence electrons. The lowest BCUT2D eigenvalue weighted by atomic mass is 10.2. The first kappa shape index (κ1) is 15.0. The number of para-hydroxylation sites is 1. The molecular formula is C16H15F2NO2. The molecule has 3 nitrogen and oxygen atoms in total. The average molecular weight is 291 g/mol. The van der Waals surface area contributed by atoms with E-state index in [0.717, 1.165) is 12.1 Å². The van der Waals surface area contributed by atoms with Gasteiger partial charge in [0.05, 0.1) is 18.0 Å². The summed E-state index contributed by atoms with van der Waals surface area (Å²) in [4.78, 5) is 13.4. The van der Waals surface area contributed by atoms with Gasteiger partial charge in [-0.1, -0.05) is 25.1 Å². The van der Waals surface area contributed by atoms with Crippen molar-refractivity contribution in [2.24, 2.45) is 0 Å². The zero-order valence-corrected chi connectivity index (χ0v) is 11.6. The van der Waals surface area contributed by atoms with Gasteiger partial charge in [-0.2, -0.15) is 0 Å². The second-order valence-corrected chi connectivity index (χ2v) is 4.38. The quantitative estimate of drug-likeness (QED) is 0.820. The molecule has 0 atom stereocenters. The van der Waals surface area contributed by atoms with Crippen LogP contribution in [0.3, 0.4) is 0 Å². The monoisotopic (exact) mass is 291 g/mol. The Kier molecular flexibility index (Phi) is 4.87. The van der Waals surface area contributed by atoms with E-state index in [4.69, 9.17) is 4.74 Å². The van der Waals surface area contributed by atoms with Gasteiger partial charge in [-0.25, -0.2) is 18.5 Å². The molecule has 0 aliphatic rings. The van der Waals surface area contributed by atoms with E-state index in [-0.39, 0.29) is 12.3 Å². The van der Waals surface area contributed by atoms with Crippen molar-refractivity contribution in [1.82, 2.24) is 0 Å². The molecule has 1 amide bonds. The fourth-order valence-electron chi connectivity index (χ4n) is 1.82. The Hall–Kier alpha value is -2.43. The third-order valence-corrected chi connectivity index (χ3v) is 2.79. The van der Waals surface area contributed by atoms with Crippen LogP contribution in [0.1, 0.15) is 13.3 Å². The molecule has 0 bridgehead atoms. The second kappa shape index (κ2) is 6.83. The molecule has 5 heteroatoms. The Morgan fingerprint density at radius 2 is 1.76 bits per heavy atom. The number of carbonyl (C=O) groups excluding carboxylic acids is 1. The lowest BCUT2D eigenvalue weighted by Crippen LogP contribution is -2.27. The number of carbonyl (C=O) groups is 1. The van der Waals surface area contributed by atoms with Crippen LogP contribution in [0.2, 0.25) is 0 Å². The number of nitrogens with zero attached hydrogens (tertiary/aromatic N) is 1. The van der Waals surface area contributed by atoms with Gasteiger partial charge in [0, 0.05) is 6.07 Å². The van der Waals surface area contributed by atoms with Crippen LogP contribution in [0.15, 0.2) is 48.5 Å². The summed E-state index contributed by atoms with van der Waals surface area (Å²) in [5, 5.41) is 0. The van der Waals surface area contributed by atoms with Gasteiger partial charge in [-0.15, -0.1) is 0 Å². The molecule has 0 heterocycles.